The molecule has 0 saturated carbocycles. The molecule has 0 unspecified atom stereocenters. The molecule has 158 valence electrons. The number of benzene rings is 2. The van der Waals surface area contributed by atoms with Gasteiger partial charge in [0.1, 0.15) is 10.5 Å². The lowest BCUT2D eigenvalue weighted by atomic mass is 10.1. The van der Waals surface area contributed by atoms with Crippen LogP contribution in [0.25, 0.3) is 0 Å². The standard InChI is InChI=1S/C20H22N4O4S2/c25-15(13-7-3-1-4-8-13)17(29)19(27)23-21-11-12-22-24-20(28)18(30)16(26)14-9-5-2-6-10-14/h1-10,17-18,21-22,29-30H,11-12H2,(H,23,27)(H,24,28)/t17-,18-/m0/s1. The lowest BCUT2D eigenvalue weighted by molar-refractivity contribution is -0.121. The van der Waals surface area contributed by atoms with E-state index in [1.54, 1.807) is 60.7 Å². The van der Waals surface area contributed by atoms with E-state index in [2.05, 4.69) is 47.0 Å². The first-order valence-corrected chi connectivity index (χ1v) is 10.0. The fourth-order valence-corrected chi connectivity index (χ4v) is 2.75. The normalized spacial score (nSPS) is 12.5. The summed E-state index contributed by atoms with van der Waals surface area (Å²) in [6, 6.07) is 16.8. The summed E-state index contributed by atoms with van der Waals surface area (Å²) < 4.78 is 0. The Balaban J connectivity index is 1.64. The first-order chi connectivity index (χ1) is 14.4. The molecular weight excluding hydrogens is 424 g/mol. The van der Waals surface area contributed by atoms with Crippen molar-refractivity contribution in [1.29, 1.82) is 0 Å². The third-order valence-electron chi connectivity index (χ3n) is 3.91. The molecule has 2 aromatic carbocycles. The Morgan fingerprint density at radius 2 is 0.967 bits per heavy atom. The van der Waals surface area contributed by atoms with E-state index in [0.717, 1.165) is 0 Å². The molecule has 0 aliphatic carbocycles. The molecule has 10 heteroatoms. The first kappa shape index (κ1) is 23.6. The highest BCUT2D eigenvalue weighted by Gasteiger charge is 2.24. The van der Waals surface area contributed by atoms with Gasteiger partial charge in [-0.2, -0.15) is 25.3 Å². The minimum absolute atomic E-state index is 0.232. The monoisotopic (exact) mass is 446 g/mol. The molecule has 30 heavy (non-hydrogen) atoms. The van der Waals surface area contributed by atoms with Crippen molar-refractivity contribution in [2.45, 2.75) is 10.5 Å². The number of hydrogen-bond acceptors (Lipinski definition) is 8. The van der Waals surface area contributed by atoms with Crippen molar-refractivity contribution in [1.82, 2.24) is 21.7 Å². The zero-order valence-corrected chi connectivity index (χ0v) is 17.7. The highest BCUT2D eigenvalue weighted by molar-refractivity contribution is 7.83. The van der Waals surface area contributed by atoms with Crippen LogP contribution in [0, 0.1) is 0 Å². The predicted molar refractivity (Wildman–Crippen MR) is 119 cm³/mol. The van der Waals surface area contributed by atoms with Crippen LogP contribution in [0.1, 0.15) is 20.7 Å². The first-order valence-electron chi connectivity index (χ1n) is 9.02. The van der Waals surface area contributed by atoms with Crippen molar-refractivity contribution in [2.75, 3.05) is 13.1 Å². The molecule has 2 aromatic rings. The number of carbonyl (C=O) groups is 4. The van der Waals surface area contributed by atoms with E-state index in [1.807, 2.05) is 0 Å². The van der Waals surface area contributed by atoms with Crippen molar-refractivity contribution in [3.63, 3.8) is 0 Å². The summed E-state index contributed by atoms with van der Waals surface area (Å²) >= 11 is 8.12. The summed E-state index contributed by atoms with van der Waals surface area (Å²) in [4.78, 5) is 48.3. The molecule has 0 aliphatic heterocycles. The predicted octanol–water partition coefficient (Wildman–Crippen LogP) is 0.591. The van der Waals surface area contributed by atoms with Crippen molar-refractivity contribution < 1.29 is 19.2 Å². The number of Topliss-reactive ketones (excluding diaryl/α,β-unsaturated/α-hetero) is 2. The summed E-state index contributed by atoms with van der Waals surface area (Å²) in [5, 5.41) is -2.30. The van der Waals surface area contributed by atoms with Gasteiger partial charge < -0.3 is 0 Å². The molecule has 0 saturated heterocycles. The molecular formula is C20H22N4O4S2. The zero-order valence-electron chi connectivity index (χ0n) is 15.9. The number of hydrogen-bond donors (Lipinski definition) is 6. The van der Waals surface area contributed by atoms with Gasteiger partial charge in [-0.05, 0) is 0 Å². The third-order valence-corrected chi connectivity index (χ3v) is 4.85. The topological polar surface area (TPSA) is 116 Å². The highest BCUT2D eigenvalue weighted by atomic mass is 32.1. The molecule has 2 atom stereocenters. The number of ketones is 2. The fourth-order valence-electron chi connectivity index (χ4n) is 2.32. The van der Waals surface area contributed by atoms with E-state index < -0.39 is 33.9 Å². The maximum atomic E-state index is 12.2. The number of carbonyl (C=O) groups excluding carboxylic acids is 4. The van der Waals surface area contributed by atoms with Crippen LogP contribution in [0.3, 0.4) is 0 Å². The smallest absolute Gasteiger partial charge is 0.254 e. The number of amides is 2. The highest BCUT2D eigenvalue weighted by Crippen LogP contribution is 2.09. The summed E-state index contributed by atoms with van der Waals surface area (Å²) in [6.07, 6.45) is 0. The van der Waals surface area contributed by atoms with Crippen LogP contribution in [0.4, 0.5) is 0 Å². The molecule has 0 aliphatic rings. The van der Waals surface area contributed by atoms with E-state index in [9.17, 15) is 19.2 Å². The maximum Gasteiger partial charge on any atom is 0.254 e. The van der Waals surface area contributed by atoms with Crippen LogP contribution >= 0.6 is 25.3 Å². The van der Waals surface area contributed by atoms with Crippen LogP contribution < -0.4 is 21.7 Å². The van der Waals surface area contributed by atoms with E-state index in [1.165, 1.54) is 0 Å². The minimum atomic E-state index is -1.15. The van der Waals surface area contributed by atoms with Crippen LogP contribution in [0.5, 0.6) is 0 Å². The molecule has 0 spiro atoms. The van der Waals surface area contributed by atoms with Crippen LogP contribution in [0.2, 0.25) is 0 Å². The van der Waals surface area contributed by atoms with Gasteiger partial charge in [0.25, 0.3) is 11.8 Å². The van der Waals surface area contributed by atoms with Crippen molar-refractivity contribution in [3.05, 3.63) is 71.8 Å². The Hall–Kier alpha value is -2.66. The Morgan fingerprint density at radius 1 is 0.633 bits per heavy atom. The average Bonchev–Trinajstić information content (AvgIpc) is 2.80. The Morgan fingerprint density at radius 3 is 1.30 bits per heavy atom. The second kappa shape index (κ2) is 12.1. The summed E-state index contributed by atoms with van der Waals surface area (Å²) in [7, 11) is 0. The van der Waals surface area contributed by atoms with E-state index >= 15 is 0 Å². The Labute approximate surface area is 185 Å². The van der Waals surface area contributed by atoms with Gasteiger partial charge in [-0.1, -0.05) is 60.7 Å². The van der Waals surface area contributed by atoms with Crippen molar-refractivity contribution >= 4 is 48.6 Å². The van der Waals surface area contributed by atoms with Gasteiger partial charge in [-0.25, -0.2) is 10.9 Å². The Bertz CT molecular complexity index is 807. The number of nitrogens with one attached hydrogen (secondary N) is 4. The molecule has 0 fully saturated rings. The molecule has 4 N–H and O–H groups in total. The molecule has 0 aromatic heterocycles. The SMILES string of the molecule is O=C(NNCCNNC(=O)[C@@H](S)C(=O)c1ccccc1)[C@@H](S)C(=O)c1ccccc1. The van der Waals surface area contributed by atoms with Crippen LogP contribution in [-0.4, -0.2) is 47.0 Å². The Kier molecular flexibility index (Phi) is 9.55. The average molecular weight is 447 g/mol. The fraction of sp³-hybridized carbons (Fsp3) is 0.200. The maximum absolute atomic E-state index is 12.2. The molecule has 2 amide bonds. The van der Waals surface area contributed by atoms with Crippen LogP contribution in [0.15, 0.2) is 60.7 Å². The van der Waals surface area contributed by atoms with Gasteiger partial charge in [0, 0.05) is 24.2 Å². The number of rotatable bonds is 11. The number of thiol groups is 2. The molecule has 8 nitrogen and oxygen atoms in total. The minimum Gasteiger partial charge on any atom is -0.292 e. The van der Waals surface area contributed by atoms with Gasteiger partial charge >= 0.3 is 0 Å². The molecule has 0 bridgehead atoms. The van der Waals surface area contributed by atoms with Gasteiger partial charge in [0.15, 0.2) is 11.6 Å². The van der Waals surface area contributed by atoms with E-state index in [0.29, 0.717) is 11.1 Å². The third kappa shape index (κ3) is 6.99. The summed E-state index contributed by atoms with van der Waals surface area (Å²) in [5.41, 5.74) is 10.8. The summed E-state index contributed by atoms with van der Waals surface area (Å²) in [5.74, 6) is -2.02. The van der Waals surface area contributed by atoms with Gasteiger partial charge in [0.05, 0.1) is 0 Å². The summed E-state index contributed by atoms with van der Waals surface area (Å²) in [6.45, 7) is 0.464. The largest absolute Gasteiger partial charge is 0.292 e. The van der Waals surface area contributed by atoms with Crippen molar-refractivity contribution in [2.24, 2.45) is 0 Å². The van der Waals surface area contributed by atoms with E-state index in [4.69, 9.17) is 0 Å². The molecule has 0 radical (unpaired) electrons. The lowest BCUT2D eigenvalue weighted by Gasteiger charge is -2.13. The van der Waals surface area contributed by atoms with Gasteiger partial charge in [-0.3, -0.25) is 30.0 Å². The molecule has 0 heterocycles. The van der Waals surface area contributed by atoms with Gasteiger partial charge in [0.2, 0.25) is 0 Å². The zero-order chi connectivity index (χ0) is 21.9. The van der Waals surface area contributed by atoms with Gasteiger partial charge in [-0.15, -0.1) is 0 Å². The second-order valence-corrected chi connectivity index (χ2v) is 7.13. The lowest BCUT2D eigenvalue weighted by Crippen LogP contribution is -2.50. The molecule has 2 rings (SSSR count). The second-order valence-electron chi connectivity index (χ2n) is 6.10. The number of hydrazine groups is 2. The quantitative estimate of drug-likeness (QED) is 0.0990. The van der Waals surface area contributed by atoms with Crippen LogP contribution in [-0.2, 0) is 9.59 Å². The van der Waals surface area contributed by atoms with E-state index in [-0.39, 0.29) is 13.1 Å². The van der Waals surface area contributed by atoms with Crippen molar-refractivity contribution in [3.8, 4) is 0 Å².